The summed E-state index contributed by atoms with van der Waals surface area (Å²) in [6, 6.07) is 6.75. The predicted molar refractivity (Wildman–Crippen MR) is 152 cm³/mol. The molecule has 1 fully saturated rings. The molecule has 0 bridgehead atoms. The summed E-state index contributed by atoms with van der Waals surface area (Å²) in [5.41, 5.74) is 13.3. The minimum atomic E-state index is -0.504. The highest BCUT2D eigenvalue weighted by atomic mass is 35.5. The number of nitrogens with one attached hydrogen (secondary N) is 4. The fourth-order valence-corrected chi connectivity index (χ4v) is 5.26. The molecule has 1 aromatic carbocycles. The van der Waals surface area contributed by atoms with Crippen LogP contribution in [0.3, 0.4) is 0 Å². The lowest BCUT2D eigenvalue weighted by atomic mass is 9.96. The van der Waals surface area contributed by atoms with Crippen LogP contribution in [0, 0.1) is 30.6 Å². The van der Waals surface area contributed by atoms with Gasteiger partial charge in [-0.25, -0.2) is 4.98 Å². The molecule has 7 nitrogen and oxygen atoms in total. The van der Waals surface area contributed by atoms with Crippen molar-refractivity contribution in [1.82, 2.24) is 25.9 Å². The number of hydrogen-bond donors (Lipinski definition) is 4. The number of piperidine rings is 1. The van der Waals surface area contributed by atoms with Crippen molar-refractivity contribution < 1.29 is 4.39 Å². The fourth-order valence-electron chi connectivity index (χ4n) is 4.99. The molecule has 38 heavy (non-hydrogen) atoms. The molecule has 0 amide bonds. The van der Waals surface area contributed by atoms with Crippen molar-refractivity contribution in [3.63, 3.8) is 0 Å². The van der Waals surface area contributed by atoms with Gasteiger partial charge in [0.1, 0.15) is 0 Å². The number of fused-ring (bicyclic) bond motifs is 2. The van der Waals surface area contributed by atoms with Crippen LogP contribution in [0.15, 0.2) is 41.9 Å². The lowest BCUT2D eigenvalue weighted by molar-refractivity contribution is 0.216. The van der Waals surface area contributed by atoms with Crippen LogP contribution in [-0.4, -0.2) is 28.1 Å². The quantitative estimate of drug-likeness (QED) is 0.227. The monoisotopic (exact) mass is 533 g/mol. The fraction of sp³-hybridized carbons (Fsp3) is 0.379. The SMILES string of the molecule is C#Cc1cnc2c(Cl)cc(N[C@H](C3=C4CCCCN4NN3)c3ccc(F)nc3C)cc2c1NCC(C)(C)C. The molecule has 4 N–H and O–H groups in total. The van der Waals surface area contributed by atoms with Gasteiger partial charge in [0, 0.05) is 41.6 Å². The van der Waals surface area contributed by atoms with E-state index in [4.69, 9.17) is 18.0 Å². The molecule has 4 heterocycles. The summed E-state index contributed by atoms with van der Waals surface area (Å²) in [5, 5.41) is 10.7. The topological polar surface area (TPSA) is 77.1 Å². The minimum Gasteiger partial charge on any atom is -0.383 e. The van der Waals surface area contributed by atoms with Gasteiger partial charge in [-0.05, 0) is 49.8 Å². The van der Waals surface area contributed by atoms with E-state index in [2.05, 4.69) is 63.3 Å². The largest absolute Gasteiger partial charge is 0.383 e. The zero-order valence-electron chi connectivity index (χ0n) is 22.2. The highest BCUT2D eigenvalue weighted by molar-refractivity contribution is 6.35. The average molecular weight is 534 g/mol. The van der Waals surface area contributed by atoms with E-state index >= 15 is 0 Å². The highest BCUT2D eigenvalue weighted by Gasteiger charge is 2.31. The van der Waals surface area contributed by atoms with Gasteiger partial charge in [-0.1, -0.05) is 44.4 Å². The maximum absolute atomic E-state index is 14.0. The van der Waals surface area contributed by atoms with Gasteiger partial charge in [-0.15, -0.1) is 12.0 Å². The summed E-state index contributed by atoms with van der Waals surface area (Å²) in [6.45, 7) is 9.95. The normalized spacial score (nSPS) is 16.2. The number of rotatable bonds is 6. The van der Waals surface area contributed by atoms with Crippen molar-refractivity contribution in [1.29, 1.82) is 0 Å². The molecular weight excluding hydrogens is 501 g/mol. The molecular formula is C29H33ClFN7. The lowest BCUT2D eigenvalue weighted by Gasteiger charge is -2.27. The van der Waals surface area contributed by atoms with Crippen LogP contribution in [0.1, 0.15) is 62.9 Å². The van der Waals surface area contributed by atoms with E-state index < -0.39 is 5.95 Å². The van der Waals surface area contributed by atoms with Crippen molar-refractivity contribution in [3.05, 3.63) is 69.6 Å². The van der Waals surface area contributed by atoms with E-state index in [1.54, 1.807) is 12.3 Å². The zero-order chi connectivity index (χ0) is 27.0. The molecule has 2 aromatic heterocycles. The second kappa shape index (κ2) is 10.3. The maximum Gasteiger partial charge on any atom is 0.213 e. The van der Waals surface area contributed by atoms with Gasteiger partial charge in [-0.2, -0.15) is 4.39 Å². The van der Waals surface area contributed by atoms with Crippen molar-refractivity contribution >= 4 is 33.9 Å². The molecule has 9 heteroatoms. The first-order valence-corrected chi connectivity index (χ1v) is 13.3. The molecule has 0 unspecified atom stereocenters. The van der Waals surface area contributed by atoms with Crippen LogP contribution >= 0.6 is 11.6 Å². The molecule has 198 valence electrons. The number of terminal acetylenes is 1. The number of pyridine rings is 2. The van der Waals surface area contributed by atoms with Crippen LogP contribution in [-0.2, 0) is 0 Å². The Balaban J connectivity index is 1.62. The van der Waals surface area contributed by atoms with Gasteiger partial charge in [0.2, 0.25) is 5.95 Å². The number of aromatic nitrogens is 2. The molecule has 0 saturated carbocycles. The van der Waals surface area contributed by atoms with Gasteiger partial charge < -0.3 is 16.1 Å². The third-order valence-electron chi connectivity index (χ3n) is 6.89. The van der Waals surface area contributed by atoms with Crippen molar-refractivity contribution in [2.24, 2.45) is 5.41 Å². The highest BCUT2D eigenvalue weighted by Crippen LogP contribution is 2.38. The number of nitrogens with zero attached hydrogens (tertiary/aromatic N) is 3. The van der Waals surface area contributed by atoms with Crippen LogP contribution in [0.25, 0.3) is 10.9 Å². The molecule has 1 atom stereocenters. The summed E-state index contributed by atoms with van der Waals surface area (Å²) in [5.74, 6) is 2.25. The minimum absolute atomic E-state index is 0.0419. The number of anilines is 2. The Morgan fingerprint density at radius 2 is 2.08 bits per heavy atom. The molecule has 0 spiro atoms. The summed E-state index contributed by atoms with van der Waals surface area (Å²) >= 11 is 6.78. The second-order valence-electron chi connectivity index (χ2n) is 11.1. The van der Waals surface area contributed by atoms with Gasteiger partial charge >= 0.3 is 0 Å². The van der Waals surface area contributed by atoms with Gasteiger partial charge in [-0.3, -0.25) is 9.99 Å². The number of halogens is 2. The molecule has 0 radical (unpaired) electrons. The smallest absolute Gasteiger partial charge is 0.213 e. The molecule has 0 aliphatic carbocycles. The summed E-state index contributed by atoms with van der Waals surface area (Å²) in [4.78, 5) is 8.66. The Labute approximate surface area is 228 Å². The second-order valence-corrected chi connectivity index (χ2v) is 11.5. The van der Waals surface area contributed by atoms with Crippen LogP contribution in [0.2, 0.25) is 5.02 Å². The first kappa shape index (κ1) is 26.1. The van der Waals surface area contributed by atoms with E-state index in [0.717, 1.165) is 60.4 Å². The molecule has 1 saturated heterocycles. The van der Waals surface area contributed by atoms with Crippen LogP contribution in [0.5, 0.6) is 0 Å². The van der Waals surface area contributed by atoms with E-state index in [9.17, 15) is 4.39 Å². The van der Waals surface area contributed by atoms with Gasteiger partial charge in [0.05, 0.1) is 39.2 Å². The Morgan fingerprint density at radius 3 is 2.82 bits per heavy atom. The zero-order valence-corrected chi connectivity index (χ0v) is 22.9. The number of hydrazine groups is 2. The number of benzene rings is 1. The lowest BCUT2D eigenvalue weighted by Crippen LogP contribution is -2.40. The Hall–Kier alpha value is -3.54. The Kier molecular flexibility index (Phi) is 7.08. The van der Waals surface area contributed by atoms with Crippen LogP contribution < -0.4 is 21.6 Å². The first-order valence-electron chi connectivity index (χ1n) is 12.9. The number of allylic oxidation sites excluding steroid dienone is 1. The van der Waals surface area contributed by atoms with Crippen molar-refractivity contribution in [3.8, 4) is 12.3 Å². The molecule has 5 rings (SSSR count). The van der Waals surface area contributed by atoms with Gasteiger partial charge in [0.25, 0.3) is 0 Å². The molecule has 2 aliphatic heterocycles. The van der Waals surface area contributed by atoms with Gasteiger partial charge in [0.15, 0.2) is 0 Å². The Morgan fingerprint density at radius 1 is 1.26 bits per heavy atom. The number of hydrogen-bond acceptors (Lipinski definition) is 7. The summed E-state index contributed by atoms with van der Waals surface area (Å²) in [6.07, 6.45) is 10.7. The van der Waals surface area contributed by atoms with E-state index in [1.165, 1.54) is 11.8 Å². The average Bonchev–Trinajstić information content (AvgIpc) is 3.29. The first-order chi connectivity index (χ1) is 18.1. The number of aryl methyl sites for hydroxylation is 1. The third-order valence-corrected chi connectivity index (χ3v) is 7.17. The summed E-state index contributed by atoms with van der Waals surface area (Å²) < 4.78 is 14.0. The van der Waals surface area contributed by atoms with Crippen molar-refractivity contribution in [2.75, 3.05) is 23.7 Å². The maximum atomic E-state index is 14.0. The predicted octanol–water partition coefficient (Wildman–Crippen LogP) is 6.04. The van der Waals surface area contributed by atoms with Crippen molar-refractivity contribution in [2.45, 2.75) is 53.0 Å². The van der Waals surface area contributed by atoms with E-state index in [-0.39, 0.29) is 11.5 Å². The van der Waals surface area contributed by atoms with E-state index in [1.807, 2.05) is 19.1 Å². The third kappa shape index (κ3) is 5.22. The Bertz CT molecular complexity index is 1450. The van der Waals surface area contributed by atoms with E-state index in [0.29, 0.717) is 21.8 Å². The molecule has 3 aromatic rings. The van der Waals surface area contributed by atoms with Crippen LogP contribution in [0.4, 0.5) is 15.8 Å². The standard InChI is InChI=1S/C29H33ClFN7/c1-6-18-15-32-26-21(25(18)33-16-29(3,4)5)13-19(14-22(26)30)35-27(20-10-11-24(31)34-17(20)2)28-23-9-7-8-12-38(23)37-36-28/h1,10-11,13-15,27,35-37H,7-9,12,16H2,2-5H3,(H,32,33)/t27-/m0/s1. The molecule has 2 aliphatic rings. The summed E-state index contributed by atoms with van der Waals surface area (Å²) in [7, 11) is 0.